The molecular formula is C23H24ClN5O6S2. The highest BCUT2D eigenvalue weighted by molar-refractivity contribution is 7.92. The van der Waals surface area contributed by atoms with Crippen LogP contribution in [0.2, 0.25) is 4.34 Å². The summed E-state index contributed by atoms with van der Waals surface area (Å²) in [6.07, 6.45) is 4.96. The molecule has 0 spiro atoms. The Labute approximate surface area is 222 Å². The molecule has 3 aromatic heterocycles. The van der Waals surface area contributed by atoms with E-state index in [1.165, 1.54) is 40.8 Å². The molecule has 0 saturated carbocycles. The van der Waals surface area contributed by atoms with Crippen LogP contribution in [-0.4, -0.2) is 46.9 Å². The third kappa shape index (κ3) is 5.84. The minimum absolute atomic E-state index is 0.0660. The summed E-state index contributed by atoms with van der Waals surface area (Å²) in [6, 6.07) is 4.58. The van der Waals surface area contributed by atoms with Crippen molar-refractivity contribution in [1.82, 2.24) is 9.97 Å². The number of carbonyl (C=O) groups excluding carboxylic acids is 1. The van der Waals surface area contributed by atoms with Crippen molar-refractivity contribution in [3.63, 3.8) is 0 Å². The largest absolute Gasteiger partial charge is 0.441 e. The van der Waals surface area contributed by atoms with Gasteiger partial charge in [0.15, 0.2) is 9.84 Å². The Morgan fingerprint density at radius 3 is 2.81 bits per heavy atom. The number of anilines is 2. The smallest absolute Gasteiger partial charge is 0.312 e. The maximum absolute atomic E-state index is 13.2. The highest BCUT2D eigenvalue weighted by Gasteiger charge is 2.42. The van der Waals surface area contributed by atoms with Crippen LogP contribution in [0, 0.1) is 16.0 Å². The second-order valence-corrected chi connectivity index (χ2v) is 12.3. The molecule has 1 aliphatic rings. The van der Waals surface area contributed by atoms with Crippen molar-refractivity contribution in [2.24, 2.45) is 5.92 Å². The predicted octanol–water partition coefficient (Wildman–Crippen LogP) is 4.70. The van der Waals surface area contributed by atoms with Crippen molar-refractivity contribution in [3.8, 4) is 11.5 Å². The van der Waals surface area contributed by atoms with E-state index in [1.54, 1.807) is 12.1 Å². The van der Waals surface area contributed by atoms with Crippen LogP contribution < -0.4 is 10.2 Å². The Bertz CT molecular complexity index is 1440. The van der Waals surface area contributed by atoms with E-state index in [-0.39, 0.29) is 48.4 Å². The summed E-state index contributed by atoms with van der Waals surface area (Å²) in [5, 5.41) is 14.1. The molecule has 11 nitrogen and oxygen atoms in total. The number of oxazole rings is 1. The van der Waals surface area contributed by atoms with Crippen LogP contribution in [-0.2, 0) is 21.1 Å². The summed E-state index contributed by atoms with van der Waals surface area (Å²) in [4.78, 5) is 34.1. The number of nitro groups is 1. The van der Waals surface area contributed by atoms with Crippen molar-refractivity contribution < 1.29 is 22.6 Å². The summed E-state index contributed by atoms with van der Waals surface area (Å²) >= 11 is 7.13. The van der Waals surface area contributed by atoms with Crippen LogP contribution >= 0.6 is 22.9 Å². The van der Waals surface area contributed by atoms with E-state index in [2.05, 4.69) is 21.9 Å². The molecule has 0 aromatic carbocycles. The van der Waals surface area contributed by atoms with Gasteiger partial charge in [-0.05, 0) is 25.0 Å². The molecule has 2 unspecified atom stereocenters. The van der Waals surface area contributed by atoms with E-state index in [9.17, 15) is 23.3 Å². The summed E-state index contributed by atoms with van der Waals surface area (Å²) < 4.78 is 32.5. The van der Waals surface area contributed by atoms with Gasteiger partial charge in [-0.2, -0.15) is 0 Å². The van der Waals surface area contributed by atoms with Gasteiger partial charge in [0.05, 0.1) is 31.8 Å². The summed E-state index contributed by atoms with van der Waals surface area (Å²) in [5.74, 6) is -0.644. The first-order valence-corrected chi connectivity index (χ1v) is 14.3. The van der Waals surface area contributed by atoms with Crippen LogP contribution in [0.4, 0.5) is 16.5 Å². The van der Waals surface area contributed by atoms with Gasteiger partial charge in [0, 0.05) is 31.1 Å². The minimum atomic E-state index is -3.85. The van der Waals surface area contributed by atoms with Gasteiger partial charge in [-0.1, -0.05) is 24.6 Å². The maximum Gasteiger partial charge on any atom is 0.312 e. The number of nitrogens with one attached hydrogen (secondary N) is 1. The fourth-order valence-electron chi connectivity index (χ4n) is 4.15. The number of rotatable bonds is 9. The molecule has 37 heavy (non-hydrogen) atoms. The molecule has 3 aromatic rings. The predicted molar refractivity (Wildman–Crippen MR) is 142 cm³/mol. The average molecular weight is 566 g/mol. The molecule has 0 aliphatic carbocycles. The van der Waals surface area contributed by atoms with Gasteiger partial charge >= 0.3 is 5.69 Å². The summed E-state index contributed by atoms with van der Waals surface area (Å²) in [5.41, 5.74) is -0.0896. The van der Waals surface area contributed by atoms with Crippen molar-refractivity contribution in [2.45, 2.75) is 31.6 Å². The molecule has 196 valence electrons. The number of piperidine rings is 1. The molecule has 4 heterocycles. The zero-order valence-electron chi connectivity index (χ0n) is 19.8. The van der Waals surface area contributed by atoms with Crippen molar-refractivity contribution in [1.29, 1.82) is 0 Å². The number of sulfone groups is 1. The normalized spacial score (nSPS) is 17.9. The zero-order chi connectivity index (χ0) is 26.7. The van der Waals surface area contributed by atoms with E-state index in [0.717, 1.165) is 0 Å². The fraction of sp³-hybridized carbons (Fsp3) is 0.348. The monoisotopic (exact) mass is 565 g/mol. The topological polar surface area (TPSA) is 149 Å². The van der Waals surface area contributed by atoms with Gasteiger partial charge in [0.25, 0.3) is 0 Å². The van der Waals surface area contributed by atoms with Crippen molar-refractivity contribution in [3.05, 3.63) is 63.5 Å². The first kappa shape index (κ1) is 26.8. The van der Waals surface area contributed by atoms with Crippen LogP contribution in [0.3, 0.4) is 0 Å². The van der Waals surface area contributed by atoms with Gasteiger partial charge < -0.3 is 14.6 Å². The van der Waals surface area contributed by atoms with Crippen molar-refractivity contribution in [2.75, 3.05) is 22.5 Å². The average Bonchev–Trinajstić information content (AvgIpc) is 3.52. The second kappa shape index (κ2) is 11.0. The molecule has 4 rings (SSSR count). The van der Waals surface area contributed by atoms with E-state index >= 15 is 0 Å². The van der Waals surface area contributed by atoms with Crippen LogP contribution in [0.25, 0.3) is 11.5 Å². The molecule has 0 radical (unpaired) electrons. The minimum Gasteiger partial charge on any atom is -0.441 e. The lowest BCUT2D eigenvalue weighted by Crippen LogP contribution is -2.50. The maximum atomic E-state index is 13.2. The molecule has 1 saturated heterocycles. The first-order valence-electron chi connectivity index (χ1n) is 11.4. The number of thiophene rings is 1. The number of nitrogens with zero attached hydrogens (tertiary/aromatic N) is 4. The highest BCUT2D eigenvalue weighted by Crippen LogP contribution is 2.38. The van der Waals surface area contributed by atoms with Gasteiger partial charge in [-0.15, -0.1) is 17.9 Å². The summed E-state index contributed by atoms with van der Waals surface area (Å²) in [7, 11) is -3.85. The Balaban J connectivity index is 1.67. The third-order valence-corrected chi connectivity index (χ3v) is 9.10. The fourth-order valence-corrected chi connectivity index (χ4v) is 6.77. The Morgan fingerprint density at radius 1 is 1.41 bits per heavy atom. The number of hydrogen-bond acceptors (Lipinski definition) is 10. The Kier molecular flexibility index (Phi) is 7.95. The van der Waals surface area contributed by atoms with E-state index in [0.29, 0.717) is 27.1 Å². The number of halogens is 1. The van der Waals surface area contributed by atoms with Crippen molar-refractivity contribution >= 4 is 55.2 Å². The van der Waals surface area contributed by atoms with Gasteiger partial charge in [0.2, 0.25) is 17.6 Å². The number of amides is 1. The first-order chi connectivity index (χ1) is 17.6. The third-order valence-electron chi connectivity index (χ3n) is 5.97. The molecule has 1 aliphatic heterocycles. The number of pyridine rings is 1. The SMILES string of the molecule is C=CCS(=O)(=O)C1CC(C(=O)Nc2ccc(Cl)s2)CCN1c1ncc(-c2ncc(CC)o2)cc1[N+](=O)[O-]. The van der Waals surface area contributed by atoms with Gasteiger partial charge in [-0.25, -0.2) is 18.4 Å². The van der Waals surface area contributed by atoms with Crippen LogP contribution in [0.15, 0.2) is 47.7 Å². The van der Waals surface area contributed by atoms with Crippen LogP contribution in [0.5, 0.6) is 0 Å². The lowest BCUT2D eigenvalue weighted by molar-refractivity contribution is -0.384. The number of carbonyl (C=O) groups is 1. The molecule has 1 fully saturated rings. The Morgan fingerprint density at radius 2 is 2.19 bits per heavy atom. The molecule has 14 heteroatoms. The molecule has 1 amide bonds. The van der Waals surface area contributed by atoms with Gasteiger partial charge in [-0.3, -0.25) is 14.9 Å². The highest BCUT2D eigenvalue weighted by atomic mass is 35.5. The molecular weight excluding hydrogens is 542 g/mol. The van der Waals surface area contributed by atoms with E-state index < -0.39 is 26.1 Å². The van der Waals surface area contributed by atoms with E-state index in [4.69, 9.17) is 16.0 Å². The number of aryl methyl sites for hydroxylation is 1. The van der Waals surface area contributed by atoms with Crippen LogP contribution in [0.1, 0.15) is 25.5 Å². The van der Waals surface area contributed by atoms with Gasteiger partial charge in [0.1, 0.15) is 11.1 Å². The number of aromatic nitrogens is 2. The zero-order valence-corrected chi connectivity index (χ0v) is 22.2. The Hall–Kier alpha value is -3.29. The standard InChI is InChI=1S/C23H24ClN5O6S2/c1-3-9-37(33,34)20-11-14(22(30)27-19-6-5-18(24)36-19)7-8-28(20)21-17(29(31)32)10-15(12-25-21)23-26-13-16(4-2)35-23/h3,5-6,10,12-14,20H,1,4,7-9,11H2,2H3,(H,27,30). The lowest BCUT2D eigenvalue weighted by Gasteiger charge is -2.38. The van der Waals surface area contributed by atoms with E-state index in [1.807, 2.05) is 6.92 Å². The summed E-state index contributed by atoms with van der Waals surface area (Å²) in [6.45, 7) is 5.47. The number of hydrogen-bond donors (Lipinski definition) is 1. The molecule has 2 atom stereocenters. The second-order valence-electron chi connectivity index (χ2n) is 8.39. The lowest BCUT2D eigenvalue weighted by atomic mass is 9.95. The quantitative estimate of drug-likeness (QED) is 0.221. The molecule has 0 bridgehead atoms. The molecule has 1 N–H and O–H groups in total.